The molecule has 19 heavy (non-hydrogen) atoms. The highest BCUT2D eigenvalue weighted by molar-refractivity contribution is 5.94. The van der Waals surface area contributed by atoms with Crippen LogP contribution in [0.1, 0.15) is 51.4 Å². The summed E-state index contributed by atoms with van der Waals surface area (Å²) in [4.78, 5) is 25.5. The summed E-state index contributed by atoms with van der Waals surface area (Å²) in [6.07, 6.45) is 0.793. The van der Waals surface area contributed by atoms with E-state index in [4.69, 9.17) is 0 Å². The third-order valence-corrected chi connectivity index (χ3v) is 2.52. The van der Waals surface area contributed by atoms with E-state index < -0.39 is 11.1 Å². The summed E-state index contributed by atoms with van der Waals surface area (Å²) in [6, 6.07) is 2.41. The number of aromatic nitrogens is 1. The number of hydrogen-bond acceptors (Lipinski definition) is 3. The first-order valence-electron chi connectivity index (χ1n) is 6.24. The van der Waals surface area contributed by atoms with Crippen LogP contribution in [0.4, 0.5) is 0 Å². The SMILES string of the molecule is CC(C)(C)CC(C)(C)NC(=O)c1cc(O)[nH]c(=O)c1. The Morgan fingerprint density at radius 2 is 1.84 bits per heavy atom. The molecule has 5 nitrogen and oxygen atoms in total. The van der Waals surface area contributed by atoms with E-state index in [1.807, 2.05) is 13.8 Å². The minimum Gasteiger partial charge on any atom is -0.494 e. The smallest absolute Gasteiger partial charge is 0.252 e. The van der Waals surface area contributed by atoms with Gasteiger partial charge in [-0.2, -0.15) is 0 Å². The van der Waals surface area contributed by atoms with Crippen LogP contribution < -0.4 is 10.9 Å². The molecule has 1 aromatic heterocycles. The zero-order valence-corrected chi connectivity index (χ0v) is 12.1. The molecule has 0 fully saturated rings. The highest BCUT2D eigenvalue weighted by atomic mass is 16.3. The number of nitrogens with one attached hydrogen (secondary N) is 2. The largest absolute Gasteiger partial charge is 0.494 e. The summed E-state index contributed by atoms with van der Waals surface area (Å²) < 4.78 is 0. The van der Waals surface area contributed by atoms with Gasteiger partial charge < -0.3 is 10.4 Å². The molecule has 0 saturated carbocycles. The van der Waals surface area contributed by atoms with Crippen molar-refractivity contribution in [3.8, 4) is 5.88 Å². The number of amides is 1. The topological polar surface area (TPSA) is 82.2 Å². The van der Waals surface area contributed by atoms with Crippen molar-refractivity contribution in [2.45, 2.75) is 46.6 Å². The van der Waals surface area contributed by atoms with Crippen LogP contribution in [0.15, 0.2) is 16.9 Å². The Bertz CT molecular complexity index is 524. The van der Waals surface area contributed by atoms with Crippen molar-refractivity contribution in [2.75, 3.05) is 0 Å². The van der Waals surface area contributed by atoms with Crippen LogP contribution in [0.5, 0.6) is 5.88 Å². The first kappa shape index (κ1) is 15.3. The van der Waals surface area contributed by atoms with Crippen molar-refractivity contribution in [3.05, 3.63) is 28.0 Å². The number of H-pyrrole nitrogens is 1. The minimum atomic E-state index is -0.501. The number of aromatic hydroxyl groups is 1. The van der Waals surface area contributed by atoms with E-state index in [-0.39, 0.29) is 22.8 Å². The van der Waals surface area contributed by atoms with Gasteiger partial charge in [-0.1, -0.05) is 20.8 Å². The fraction of sp³-hybridized carbons (Fsp3) is 0.571. The minimum absolute atomic E-state index is 0.0765. The average Bonchev–Trinajstić information content (AvgIpc) is 2.10. The Morgan fingerprint density at radius 1 is 1.26 bits per heavy atom. The first-order chi connectivity index (χ1) is 8.48. The zero-order chi connectivity index (χ0) is 14.8. The van der Waals surface area contributed by atoms with Crippen molar-refractivity contribution in [2.24, 2.45) is 5.41 Å². The standard InChI is InChI=1S/C14H22N2O3/c1-13(2,3)8-14(4,5)16-12(19)9-6-10(17)15-11(18)7-9/h6-7H,8H2,1-5H3,(H,16,19)(H2,15,17,18). The predicted molar refractivity (Wildman–Crippen MR) is 74.3 cm³/mol. The summed E-state index contributed by atoms with van der Waals surface area (Å²) in [6.45, 7) is 10.2. The molecule has 1 amide bonds. The number of carbonyl (C=O) groups is 1. The van der Waals surface area contributed by atoms with Crippen molar-refractivity contribution >= 4 is 5.91 Å². The molecule has 0 bridgehead atoms. The van der Waals surface area contributed by atoms with Crippen LogP contribution in [-0.4, -0.2) is 21.5 Å². The van der Waals surface area contributed by atoms with Crippen LogP contribution in [0.25, 0.3) is 0 Å². The molecule has 106 valence electrons. The molecule has 0 aliphatic heterocycles. The maximum atomic E-state index is 12.1. The Morgan fingerprint density at radius 3 is 2.32 bits per heavy atom. The predicted octanol–water partition coefficient (Wildman–Crippen LogP) is 2.03. The van der Waals surface area contributed by atoms with Crippen LogP contribution in [0.3, 0.4) is 0 Å². The third-order valence-electron chi connectivity index (χ3n) is 2.52. The van der Waals surface area contributed by atoms with Gasteiger partial charge in [0, 0.05) is 17.7 Å². The molecule has 0 aliphatic carbocycles. The molecule has 0 radical (unpaired) electrons. The average molecular weight is 266 g/mol. The molecule has 0 saturated heterocycles. The Labute approximate surface area is 113 Å². The maximum Gasteiger partial charge on any atom is 0.252 e. The Hall–Kier alpha value is -1.78. The quantitative estimate of drug-likeness (QED) is 0.782. The number of rotatable bonds is 3. The van der Waals surface area contributed by atoms with Crippen molar-refractivity contribution < 1.29 is 9.90 Å². The summed E-state index contributed by atoms with van der Waals surface area (Å²) in [5.74, 6) is -0.679. The lowest BCUT2D eigenvalue weighted by molar-refractivity contribution is 0.0890. The second kappa shape index (κ2) is 5.07. The molecule has 3 N–H and O–H groups in total. The Balaban J connectivity index is 2.87. The molecule has 5 heteroatoms. The van der Waals surface area contributed by atoms with Crippen molar-refractivity contribution in [3.63, 3.8) is 0 Å². The molecule has 0 atom stereocenters. The van der Waals surface area contributed by atoms with Crippen molar-refractivity contribution in [1.29, 1.82) is 0 Å². The van der Waals surface area contributed by atoms with Gasteiger partial charge in [0.1, 0.15) is 0 Å². The van der Waals surface area contributed by atoms with Gasteiger partial charge in [0.25, 0.3) is 11.5 Å². The van der Waals surface area contributed by atoms with E-state index in [0.29, 0.717) is 0 Å². The van der Waals surface area contributed by atoms with Gasteiger partial charge >= 0.3 is 0 Å². The summed E-state index contributed by atoms with van der Waals surface area (Å²) >= 11 is 0. The van der Waals surface area contributed by atoms with E-state index in [9.17, 15) is 14.7 Å². The third kappa shape index (κ3) is 5.16. The van der Waals surface area contributed by atoms with Crippen LogP contribution in [-0.2, 0) is 0 Å². The monoisotopic (exact) mass is 266 g/mol. The molecule has 0 aliphatic rings. The van der Waals surface area contributed by atoms with Crippen LogP contribution in [0, 0.1) is 5.41 Å². The van der Waals surface area contributed by atoms with E-state index in [1.54, 1.807) is 0 Å². The van der Waals surface area contributed by atoms with Crippen molar-refractivity contribution in [1.82, 2.24) is 10.3 Å². The molecule has 0 aromatic carbocycles. The van der Waals surface area contributed by atoms with Gasteiger partial charge in [-0.15, -0.1) is 0 Å². The number of carbonyl (C=O) groups excluding carboxylic acids is 1. The molecule has 1 aromatic rings. The number of hydrogen-bond donors (Lipinski definition) is 3. The van der Waals surface area contributed by atoms with E-state index in [0.717, 1.165) is 6.42 Å². The highest BCUT2D eigenvalue weighted by Gasteiger charge is 2.27. The molecular formula is C14H22N2O3. The lowest BCUT2D eigenvalue weighted by Gasteiger charge is -2.33. The fourth-order valence-electron chi connectivity index (χ4n) is 2.41. The lowest BCUT2D eigenvalue weighted by Crippen LogP contribution is -2.46. The maximum absolute atomic E-state index is 12.1. The van der Waals surface area contributed by atoms with Gasteiger partial charge in [-0.3, -0.25) is 14.6 Å². The molecule has 0 unspecified atom stereocenters. The highest BCUT2D eigenvalue weighted by Crippen LogP contribution is 2.27. The molecular weight excluding hydrogens is 244 g/mol. The van der Waals surface area contributed by atoms with Gasteiger partial charge in [0.05, 0.1) is 5.56 Å². The first-order valence-corrected chi connectivity index (χ1v) is 6.24. The van der Waals surface area contributed by atoms with E-state index in [1.165, 1.54) is 12.1 Å². The molecule has 1 heterocycles. The lowest BCUT2D eigenvalue weighted by atomic mass is 9.81. The van der Waals surface area contributed by atoms with Gasteiger partial charge in [0.15, 0.2) is 5.88 Å². The van der Waals surface area contributed by atoms with E-state index >= 15 is 0 Å². The summed E-state index contributed by atoms with van der Waals surface area (Å²) in [5.41, 5.74) is -0.664. The molecule has 0 spiro atoms. The Kier molecular flexibility index (Phi) is 4.08. The second-order valence-corrected chi connectivity index (χ2v) is 6.69. The summed E-state index contributed by atoms with van der Waals surface area (Å²) in [5, 5.41) is 12.2. The fourth-order valence-corrected chi connectivity index (χ4v) is 2.41. The van der Waals surface area contributed by atoms with Gasteiger partial charge in [0.2, 0.25) is 0 Å². The zero-order valence-electron chi connectivity index (χ0n) is 12.1. The molecule has 1 rings (SSSR count). The van der Waals surface area contributed by atoms with Gasteiger partial charge in [-0.25, -0.2) is 0 Å². The van der Waals surface area contributed by atoms with Gasteiger partial charge in [-0.05, 0) is 25.7 Å². The summed E-state index contributed by atoms with van der Waals surface area (Å²) in [7, 11) is 0. The van der Waals surface area contributed by atoms with E-state index in [2.05, 4.69) is 31.1 Å². The van der Waals surface area contributed by atoms with Crippen LogP contribution in [0.2, 0.25) is 0 Å². The van der Waals surface area contributed by atoms with Crippen LogP contribution >= 0.6 is 0 Å². The normalized spacial score (nSPS) is 12.3. The number of aromatic amines is 1. The number of pyridine rings is 1. The second-order valence-electron chi connectivity index (χ2n) is 6.69.